The van der Waals surface area contributed by atoms with Crippen molar-refractivity contribution in [2.24, 2.45) is 0 Å². The largest absolute Gasteiger partial charge is 0.391 e. The molecule has 134 valence electrons. The Kier molecular flexibility index (Phi) is 6.59. The molecule has 1 heterocycles. The average molecular weight is 381 g/mol. The van der Waals surface area contributed by atoms with E-state index in [9.17, 15) is 9.50 Å². The average Bonchev–Trinajstić information content (AvgIpc) is 2.62. The maximum absolute atomic E-state index is 12.9. The molecule has 25 heavy (non-hydrogen) atoms. The second kappa shape index (κ2) is 8.90. The van der Waals surface area contributed by atoms with Gasteiger partial charge in [0.15, 0.2) is 0 Å². The minimum atomic E-state index is -0.396. The Labute approximate surface area is 157 Å². The van der Waals surface area contributed by atoms with Gasteiger partial charge in [0, 0.05) is 54.1 Å². The standard InChI is InChI=1S/C19H22ClFN2OS/c20-15-2-1-3-17(12-15)23-10-8-22(9-11-23)13-18(24)14-25-19-6-4-16(21)5-7-19/h1-7,12,18,24H,8-11,13-14H2. The van der Waals surface area contributed by atoms with Gasteiger partial charge in [-0.05, 0) is 42.5 Å². The Bertz CT molecular complexity index is 677. The van der Waals surface area contributed by atoms with Gasteiger partial charge in [0.25, 0.3) is 0 Å². The van der Waals surface area contributed by atoms with Crippen LogP contribution in [0.5, 0.6) is 0 Å². The van der Waals surface area contributed by atoms with Crippen LogP contribution in [0.2, 0.25) is 5.02 Å². The molecule has 2 aromatic carbocycles. The topological polar surface area (TPSA) is 26.7 Å². The first-order chi connectivity index (χ1) is 12.1. The van der Waals surface area contributed by atoms with Crippen LogP contribution < -0.4 is 4.90 Å². The Morgan fingerprint density at radius 2 is 1.80 bits per heavy atom. The fraction of sp³-hybridized carbons (Fsp3) is 0.368. The van der Waals surface area contributed by atoms with E-state index in [2.05, 4.69) is 15.9 Å². The molecule has 1 N–H and O–H groups in total. The van der Waals surface area contributed by atoms with Gasteiger partial charge >= 0.3 is 0 Å². The van der Waals surface area contributed by atoms with Crippen molar-refractivity contribution in [1.82, 2.24) is 4.90 Å². The maximum atomic E-state index is 12.9. The number of nitrogens with zero attached hydrogens (tertiary/aromatic N) is 2. The van der Waals surface area contributed by atoms with Gasteiger partial charge in [-0.3, -0.25) is 4.90 Å². The summed E-state index contributed by atoms with van der Waals surface area (Å²) in [6.45, 7) is 4.36. The van der Waals surface area contributed by atoms with Gasteiger partial charge in [-0.25, -0.2) is 4.39 Å². The molecule has 2 aromatic rings. The van der Waals surface area contributed by atoms with E-state index in [0.717, 1.165) is 41.8 Å². The summed E-state index contributed by atoms with van der Waals surface area (Å²) in [5.74, 6) is 0.377. The summed E-state index contributed by atoms with van der Waals surface area (Å²) in [6.07, 6.45) is -0.396. The molecule has 1 atom stereocenters. The first-order valence-corrected chi connectivity index (χ1v) is 9.76. The van der Waals surface area contributed by atoms with Gasteiger partial charge in [-0.1, -0.05) is 17.7 Å². The monoisotopic (exact) mass is 380 g/mol. The summed E-state index contributed by atoms with van der Waals surface area (Å²) in [5.41, 5.74) is 1.15. The number of anilines is 1. The molecular weight excluding hydrogens is 359 g/mol. The number of benzene rings is 2. The van der Waals surface area contributed by atoms with Gasteiger partial charge in [0.05, 0.1) is 6.10 Å². The van der Waals surface area contributed by atoms with Crippen molar-refractivity contribution in [3.8, 4) is 0 Å². The van der Waals surface area contributed by atoms with Crippen LogP contribution in [0.1, 0.15) is 0 Å². The normalized spacial score (nSPS) is 16.8. The minimum Gasteiger partial charge on any atom is -0.391 e. The smallest absolute Gasteiger partial charge is 0.123 e. The number of aliphatic hydroxyl groups excluding tert-OH is 1. The van der Waals surface area contributed by atoms with Crippen LogP contribution in [0, 0.1) is 5.82 Å². The second-order valence-electron chi connectivity index (χ2n) is 6.19. The fourth-order valence-electron chi connectivity index (χ4n) is 2.94. The van der Waals surface area contributed by atoms with E-state index < -0.39 is 6.10 Å². The van der Waals surface area contributed by atoms with Gasteiger partial charge in [0.2, 0.25) is 0 Å². The van der Waals surface area contributed by atoms with Crippen molar-refractivity contribution in [2.75, 3.05) is 43.4 Å². The summed E-state index contributed by atoms with van der Waals surface area (Å²) < 4.78 is 12.9. The lowest BCUT2D eigenvalue weighted by Crippen LogP contribution is -2.48. The summed E-state index contributed by atoms with van der Waals surface area (Å²) in [5, 5.41) is 11.0. The molecule has 0 bridgehead atoms. The van der Waals surface area contributed by atoms with E-state index in [1.54, 1.807) is 23.9 Å². The Balaban J connectivity index is 1.41. The van der Waals surface area contributed by atoms with E-state index in [-0.39, 0.29) is 5.82 Å². The molecule has 0 aliphatic carbocycles. The number of rotatable bonds is 6. The molecular formula is C19H22ClFN2OS. The van der Waals surface area contributed by atoms with E-state index in [1.165, 1.54) is 12.1 Å². The quantitative estimate of drug-likeness (QED) is 0.772. The molecule has 0 radical (unpaired) electrons. The lowest BCUT2D eigenvalue weighted by molar-refractivity contribution is 0.126. The zero-order chi connectivity index (χ0) is 17.6. The predicted octanol–water partition coefficient (Wildman–Crippen LogP) is 3.75. The number of halogens is 2. The van der Waals surface area contributed by atoms with Crippen LogP contribution in [-0.4, -0.2) is 54.6 Å². The van der Waals surface area contributed by atoms with Gasteiger partial charge < -0.3 is 10.0 Å². The van der Waals surface area contributed by atoms with E-state index >= 15 is 0 Å². The van der Waals surface area contributed by atoms with Gasteiger partial charge in [-0.2, -0.15) is 0 Å². The van der Waals surface area contributed by atoms with Crippen molar-refractivity contribution in [1.29, 1.82) is 0 Å². The number of aliphatic hydroxyl groups is 1. The van der Waals surface area contributed by atoms with E-state index in [4.69, 9.17) is 11.6 Å². The summed E-state index contributed by atoms with van der Waals surface area (Å²) in [6, 6.07) is 14.3. The van der Waals surface area contributed by atoms with Crippen molar-refractivity contribution in [3.05, 3.63) is 59.4 Å². The maximum Gasteiger partial charge on any atom is 0.123 e. The van der Waals surface area contributed by atoms with Crippen molar-refractivity contribution in [3.63, 3.8) is 0 Å². The van der Waals surface area contributed by atoms with Crippen LogP contribution in [0.3, 0.4) is 0 Å². The van der Waals surface area contributed by atoms with Gasteiger partial charge in [-0.15, -0.1) is 11.8 Å². The Hall–Kier alpha value is -1.27. The van der Waals surface area contributed by atoms with Crippen LogP contribution in [0.25, 0.3) is 0 Å². The van der Waals surface area contributed by atoms with Crippen LogP contribution in [0.4, 0.5) is 10.1 Å². The third-order valence-corrected chi connectivity index (χ3v) is 5.66. The highest BCUT2D eigenvalue weighted by molar-refractivity contribution is 7.99. The van der Waals surface area contributed by atoms with E-state index in [0.29, 0.717) is 12.3 Å². The highest BCUT2D eigenvalue weighted by Gasteiger charge is 2.19. The lowest BCUT2D eigenvalue weighted by Gasteiger charge is -2.37. The van der Waals surface area contributed by atoms with Crippen molar-refractivity contribution >= 4 is 29.1 Å². The van der Waals surface area contributed by atoms with E-state index in [1.807, 2.05) is 18.2 Å². The molecule has 0 saturated carbocycles. The summed E-state index contributed by atoms with van der Waals surface area (Å²) >= 11 is 7.62. The molecule has 3 rings (SSSR count). The van der Waals surface area contributed by atoms with Crippen molar-refractivity contribution in [2.45, 2.75) is 11.0 Å². The fourth-order valence-corrected chi connectivity index (χ4v) is 3.94. The predicted molar refractivity (Wildman–Crippen MR) is 103 cm³/mol. The van der Waals surface area contributed by atoms with Gasteiger partial charge in [0.1, 0.15) is 5.82 Å². The number of piperazine rings is 1. The highest BCUT2D eigenvalue weighted by Crippen LogP contribution is 2.22. The lowest BCUT2D eigenvalue weighted by atomic mass is 10.2. The molecule has 1 aliphatic rings. The molecule has 1 unspecified atom stereocenters. The van der Waals surface area contributed by atoms with Crippen molar-refractivity contribution < 1.29 is 9.50 Å². The zero-order valence-electron chi connectivity index (χ0n) is 13.9. The number of β-amino-alcohol motifs (C(OH)–C–C–N with tert-alkyl or cyclic N) is 1. The third kappa shape index (κ3) is 5.61. The molecule has 0 amide bonds. The molecule has 3 nitrogen and oxygen atoms in total. The Morgan fingerprint density at radius 3 is 2.48 bits per heavy atom. The highest BCUT2D eigenvalue weighted by atomic mass is 35.5. The number of hydrogen-bond acceptors (Lipinski definition) is 4. The van der Waals surface area contributed by atoms with Crippen LogP contribution in [0.15, 0.2) is 53.4 Å². The number of thioether (sulfide) groups is 1. The zero-order valence-corrected chi connectivity index (χ0v) is 15.5. The first kappa shape index (κ1) is 18.5. The molecule has 1 fully saturated rings. The number of hydrogen-bond donors (Lipinski definition) is 1. The summed E-state index contributed by atoms with van der Waals surface area (Å²) in [7, 11) is 0. The summed E-state index contributed by atoms with van der Waals surface area (Å²) in [4.78, 5) is 5.59. The van der Waals surface area contributed by atoms with Crippen LogP contribution >= 0.6 is 23.4 Å². The van der Waals surface area contributed by atoms with Crippen LogP contribution in [-0.2, 0) is 0 Å². The third-order valence-electron chi connectivity index (χ3n) is 4.27. The molecule has 6 heteroatoms. The Morgan fingerprint density at radius 1 is 1.08 bits per heavy atom. The minimum absolute atomic E-state index is 0.234. The first-order valence-electron chi connectivity index (χ1n) is 8.39. The molecule has 1 saturated heterocycles. The molecule has 0 spiro atoms. The second-order valence-corrected chi connectivity index (χ2v) is 7.72. The SMILES string of the molecule is OC(CSc1ccc(F)cc1)CN1CCN(c2cccc(Cl)c2)CC1. The molecule has 1 aliphatic heterocycles. The molecule has 0 aromatic heterocycles.